The van der Waals surface area contributed by atoms with E-state index in [0.29, 0.717) is 53.6 Å². The van der Waals surface area contributed by atoms with E-state index in [1.54, 1.807) is 6.07 Å². The molecule has 0 saturated carbocycles. The molecular weight excluding hydrogens is 611 g/mol. The fraction of sp³-hybridized carbons (Fsp3) is 0.500. The van der Waals surface area contributed by atoms with E-state index in [1.165, 1.54) is 7.11 Å². The highest BCUT2D eigenvalue weighted by atomic mass is 19.1. The number of ether oxygens (including phenoxy) is 4. The zero-order valence-corrected chi connectivity index (χ0v) is 29.0. The van der Waals surface area contributed by atoms with Crippen LogP contribution < -0.4 is 9.64 Å². The maximum absolute atomic E-state index is 15.7. The summed E-state index contributed by atoms with van der Waals surface area (Å²) in [5, 5.41) is 5.21. The molecule has 48 heavy (non-hydrogen) atoms. The maximum atomic E-state index is 15.7. The Morgan fingerprint density at radius 2 is 1.85 bits per heavy atom. The molecule has 254 valence electrons. The van der Waals surface area contributed by atoms with Crippen molar-refractivity contribution in [2.75, 3.05) is 31.7 Å². The molecule has 0 aliphatic carbocycles. The highest BCUT2D eigenvalue weighted by molar-refractivity contribution is 5.84. The number of fused-ring (bicyclic) bond motifs is 8. The highest BCUT2D eigenvalue weighted by Gasteiger charge is 2.39. The summed E-state index contributed by atoms with van der Waals surface area (Å²) >= 11 is 0. The van der Waals surface area contributed by atoms with Crippen LogP contribution in [0.3, 0.4) is 0 Å². The van der Waals surface area contributed by atoms with E-state index in [-0.39, 0.29) is 17.5 Å². The average Bonchev–Trinajstić information content (AvgIpc) is 3.45. The number of benzene rings is 2. The number of esters is 1. The molecule has 1 fully saturated rings. The van der Waals surface area contributed by atoms with Gasteiger partial charge in [0.15, 0.2) is 11.8 Å². The van der Waals surface area contributed by atoms with Crippen molar-refractivity contribution in [2.45, 2.75) is 97.1 Å². The third kappa shape index (κ3) is 5.83. The lowest BCUT2D eigenvalue weighted by molar-refractivity contribution is -0.164. The number of hydrogen-bond donors (Lipinski definition) is 0. The van der Waals surface area contributed by atoms with E-state index in [1.807, 2.05) is 69.5 Å². The standard InChI is InChI=1S/C38H45FN4O5/c1-22-19-26(39)33-25-12-10-11-24-27-21-30-40-23(2)31(34(36(44)45-7)48-37(3,4)5)35(43(30)41-27)42-16-14-38(6,15-17-42)46-18-9-8-13-28(32(24)25)47-29(33)20-22/h10-12,19-21,28,34H,8-9,13-18H2,1-7H3/t28-,34+/m1/s1. The molecule has 6 heterocycles. The van der Waals surface area contributed by atoms with Crippen molar-refractivity contribution in [1.82, 2.24) is 14.6 Å². The van der Waals surface area contributed by atoms with Gasteiger partial charge in [-0.05, 0) is 96.9 Å². The van der Waals surface area contributed by atoms with Gasteiger partial charge in [0.05, 0.1) is 35.1 Å². The summed E-state index contributed by atoms with van der Waals surface area (Å²) in [6.45, 7) is 13.8. The number of nitrogens with zero attached hydrogens (tertiary/aromatic N) is 4. The first kappa shape index (κ1) is 32.5. The second kappa shape index (κ2) is 12.1. The van der Waals surface area contributed by atoms with Crippen molar-refractivity contribution in [2.24, 2.45) is 0 Å². The maximum Gasteiger partial charge on any atom is 0.339 e. The van der Waals surface area contributed by atoms with Crippen LogP contribution in [0.1, 0.15) is 94.4 Å². The van der Waals surface area contributed by atoms with Gasteiger partial charge >= 0.3 is 5.97 Å². The van der Waals surface area contributed by atoms with Gasteiger partial charge in [0.25, 0.3) is 0 Å². The summed E-state index contributed by atoms with van der Waals surface area (Å²) in [6, 6.07) is 11.4. The normalized spacial score (nSPS) is 21.5. The molecule has 0 spiro atoms. The molecular formula is C38H45FN4O5. The van der Waals surface area contributed by atoms with Crippen molar-refractivity contribution < 1.29 is 28.1 Å². The molecule has 8 rings (SSSR count). The lowest BCUT2D eigenvalue weighted by atomic mass is 9.85. The monoisotopic (exact) mass is 656 g/mol. The molecule has 0 N–H and O–H groups in total. The minimum absolute atomic E-state index is 0.275. The molecule has 2 aromatic heterocycles. The SMILES string of the molecule is COC(=O)[C@@H](OC(C)(C)C)c1c(C)nc2cc3nn2c1N1CCC(C)(CC1)OCCCC[C@H]1Oc2cc(C)cc(F)c2-c2cccc-3c21. The quantitative estimate of drug-likeness (QED) is 0.206. The van der Waals surface area contributed by atoms with Crippen molar-refractivity contribution in [3.63, 3.8) is 0 Å². The lowest BCUT2D eigenvalue weighted by Gasteiger charge is -2.41. The van der Waals surface area contributed by atoms with Gasteiger partial charge in [0.2, 0.25) is 0 Å². The topological polar surface area (TPSA) is 87.4 Å². The van der Waals surface area contributed by atoms with Crippen LogP contribution in [0.25, 0.3) is 28.0 Å². The van der Waals surface area contributed by atoms with Crippen molar-refractivity contribution in [3.8, 4) is 28.1 Å². The molecule has 2 aromatic carbocycles. The van der Waals surface area contributed by atoms with Crippen molar-refractivity contribution in [1.29, 1.82) is 0 Å². The zero-order valence-electron chi connectivity index (χ0n) is 29.0. The Hall–Kier alpha value is -4.02. The number of hydrogen-bond acceptors (Lipinski definition) is 8. The number of methoxy groups -OCH3 is 1. The molecule has 4 aliphatic heterocycles. The van der Waals surface area contributed by atoms with Crippen molar-refractivity contribution in [3.05, 3.63) is 64.6 Å². The molecule has 1 saturated heterocycles. The molecule has 10 heteroatoms. The Morgan fingerprint density at radius 3 is 2.58 bits per heavy atom. The molecule has 4 bridgehead atoms. The van der Waals surface area contributed by atoms with Gasteiger partial charge in [-0.3, -0.25) is 0 Å². The number of anilines is 1. The summed E-state index contributed by atoms with van der Waals surface area (Å²) in [6.07, 6.45) is 2.84. The van der Waals surface area contributed by atoms with E-state index in [2.05, 4.69) is 11.8 Å². The summed E-state index contributed by atoms with van der Waals surface area (Å²) < 4.78 is 42.4. The van der Waals surface area contributed by atoms with Gasteiger partial charge in [-0.2, -0.15) is 9.61 Å². The van der Waals surface area contributed by atoms with Gasteiger partial charge < -0.3 is 23.8 Å². The van der Waals surface area contributed by atoms with E-state index in [4.69, 9.17) is 29.0 Å². The van der Waals surface area contributed by atoms with E-state index < -0.39 is 17.7 Å². The number of halogens is 1. The zero-order chi connectivity index (χ0) is 34.0. The van der Waals surface area contributed by atoms with E-state index >= 15 is 4.39 Å². The van der Waals surface area contributed by atoms with Gasteiger partial charge in [-0.25, -0.2) is 14.2 Å². The van der Waals surface area contributed by atoms with E-state index in [9.17, 15) is 4.79 Å². The Bertz CT molecular complexity index is 1890. The van der Waals surface area contributed by atoms with Crippen LogP contribution in [0, 0.1) is 19.7 Å². The fourth-order valence-electron chi connectivity index (χ4n) is 7.46. The van der Waals surface area contributed by atoms with Gasteiger partial charge in [0.1, 0.15) is 23.5 Å². The van der Waals surface area contributed by atoms with Crippen LogP contribution >= 0.6 is 0 Å². The Labute approximate surface area is 281 Å². The predicted octanol–water partition coefficient (Wildman–Crippen LogP) is 7.84. The highest BCUT2D eigenvalue weighted by Crippen LogP contribution is 2.49. The minimum Gasteiger partial charge on any atom is -0.485 e. The number of aryl methyl sites for hydroxylation is 2. The molecule has 0 amide bonds. The summed E-state index contributed by atoms with van der Waals surface area (Å²) in [5.41, 5.74) is 5.61. The second-order valence-corrected chi connectivity index (χ2v) is 14.6. The summed E-state index contributed by atoms with van der Waals surface area (Å²) in [7, 11) is 1.38. The first-order valence-electron chi connectivity index (χ1n) is 17.0. The lowest BCUT2D eigenvalue weighted by Crippen LogP contribution is -2.46. The van der Waals surface area contributed by atoms with Crippen LogP contribution in [-0.2, 0) is 19.0 Å². The molecule has 4 aromatic rings. The largest absolute Gasteiger partial charge is 0.485 e. The summed E-state index contributed by atoms with van der Waals surface area (Å²) in [5.74, 6) is 0.518. The molecule has 9 nitrogen and oxygen atoms in total. The predicted molar refractivity (Wildman–Crippen MR) is 182 cm³/mol. The van der Waals surface area contributed by atoms with Crippen LogP contribution in [0.4, 0.5) is 10.2 Å². The summed E-state index contributed by atoms with van der Waals surface area (Å²) in [4.78, 5) is 20.7. The number of piperidine rings is 1. The van der Waals surface area contributed by atoms with E-state index in [0.717, 1.165) is 60.2 Å². The van der Waals surface area contributed by atoms with Crippen LogP contribution in [-0.4, -0.2) is 58.6 Å². The van der Waals surface area contributed by atoms with Gasteiger partial charge in [-0.15, -0.1) is 0 Å². The smallest absolute Gasteiger partial charge is 0.339 e. The Kier molecular flexibility index (Phi) is 8.23. The third-order valence-corrected chi connectivity index (χ3v) is 9.83. The third-order valence-electron chi connectivity index (χ3n) is 9.83. The minimum atomic E-state index is -1.02. The number of aromatic nitrogens is 3. The average molecular weight is 657 g/mol. The first-order valence-corrected chi connectivity index (χ1v) is 17.0. The van der Waals surface area contributed by atoms with Crippen LogP contribution in [0.5, 0.6) is 5.75 Å². The number of carbonyl (C=O) groups excluding carboxylic acids is 1. The molecule has 2 atom stereocenters. The Morgan fingerprint density at radius 1 is 1.10 bits per heavy atom. The second-order valence-electron chi connectivity index (χ2n) is 14.6. The molecule has 0 radical (unpaired) electrons. The van der Waals surface area contributed by atoms with Gasteiger partial charge in [-0.1, -0.05) is 18.2 Å². The molecule has 0 unspecified atom stereocenters. The number of carbonyl (C=O) groups is 1. The molecule has 4 aliphatic rings. The van der Waals surface area contributed by atoms with Crippen LogP contribution in [0.2, 0.25) is 0 Å². The first-order chi connectivity index (χ1) is 22.9. The van der Waals surface area contributed by atoms with Crippen LogP contribution in [0.15, 0.2) is 36.4 Å². The number of rotatable bonds is 3. The fourth-order valence-corrected chi connectivity index (χ4v) is 7.46. The Balaban J connectivity index is 1.48. The van der Waals surface area contributed by atoms with Gasteiger partial charge in [0, 0.05) is 42.6 Å². The van der Waals surface area contributed by atoms with Crippen molar-refractivity contribution >= 4 is 17.4 Å².